The number of rotatable bonds is 2. The van der Waals surface area contributed by atoms with Gasteiger partial charge in [0.1, 0.15) is 5.82 Å². The van der Waals surface area contributed by atoms with E-state index in [1.165, 1.54) is 12.1 Å². The molecule has 0 unspecified atom stereocenters. The van der Waals surface area contributed by atoms with Crippen molar-refractivity contribution in [1.29, 1.82) is 0 Å². The first kappa shape index (κ1) is 10.7. The molecule has 0 radical (unpaired) electrons. The van der Waals surface area contributed by atoms with Crippen LogP contribution in [0, 0.1) is 18.2 Å². The van der Waals surface area contributed by atoms with E-state index in [0.717, 1.165) is 12.8 Å². The van der Waals surface area contributed by atoms with Crippen LogP contribution in [0.1, 0.15) is 28.8 Å². The first-order valence-electron chi connectivity index (χ1n) is 5.17. The molecule has 0 atom stereocenters. The molecule has 2 nitrogen and oxygen atoms in total. The monoisotopic (exact) mass is 217 g/mol. The molecule has 1 fully saturated rings. The quantitative estimate of drug-likeness (QED) is 0.694. The number of halogens is 1. The highest BCUT2D eigenvalue weighted by atomic mass is 19.1. The lowest BCUT2D eigenvalue weighted by Gasteiger charge is -2.17. The van der Waals surface area contributed by atoms with E-state index in [1.54, 1.807) is 18.0 Å². The number of terminal acetylenes is 1. The summed E-state index contributed by atoms with van der Waals surface area (Å²) >= 11 is 0. The van der Waals surface area contributed by atoms with Gasteiger partial charge in [-0.1, -0.05) is 12.0 Å². The minimum Gasteiger partial charge on any atom is -0.339 e. The van der Waals surface area contributed by atoms with E-state index in [4.69, 9.17) is 6.42 Å². The molecule has 82 valence electrons. The summed E-state index contributed by atoms with van der Waals surface area (Å²) in [6.07, 6.45) is 7.24. The van der Waals surface area contributed by atoms with Crippen molar-refractivity contribution in [2.75, 3.05) is 7.05 Å². The fourth-order valence-corrected chi connectivity index (χ4v) is 1.67. The van der Waals surface area contributed by atoms with Gasteiger partial charge in [0, 0.05) is 18.7 Å². The van der Waals surface area contributed by atoms with E-state index in [9.17, 15) is 9.18 Å². The highest BCUT2D eigenvalue weighted by Crippen LogP contribution is 2.27. The highest BCUT2D eigenvalue weighted by Gasteiger charge is 2.31. The molecule has 0 bridgehead atoms. The molecule has 1 aromatic carbocycles. The van der Waals surface area contributed by atoms with Crippen LogP contribution in [0.15, 0.2) is 18.2 Å². The molecule has 0 heterocycles. The van der Waals surface area contributed by atoms with E-state index in [0.29, 0.717) is 5.56 Å². The number of amides is 1. The van der Waals surface area contributed by atoms with Crippen molar-refractivity contribution in [2.24, 2.45) is 0 Å². The molecule has 16 heavy (non-hydrogen) atoms. The summed E-state index contributed by atoms with van der Waals surface area (Å²) in [4.78, 5) is 13.6. The molecule has 1 aliphatic rings. The zero-order valence-electron chi connectivity index (χ0n) is 9.03. The van der Waals surface area contributed by atoms with Gasteiger partial charge in [-0.3, -0.25) is 4.79 Å². The Morgan fingerprint density at radius 2 is 2.25 bits per heavy atom. The maximum Gasteiger partial charge on any atom is 0.258 e. The van der Waals surface area contributed by atoms with Gasteiger partial charge in [0.15, 0.2) is 0 Å². The van der Waals surface area contributed by atoms with Crippen LogP contribution in [0.2, 0.25) is 0 Å². The molecule has 0 aromatic heterocycles. The largest absolute Gasteiger partial charge is 0.339 e. The minimum atomic E-state index is -0.548. The van der Waals surface area contributed by atoms with E-state index in [2.05, 4.69) is 5.92 Å². The summed E-state index contributed by atoms with van der Waals surface area (Å²) in [5.74, 6) is 1.47. The molecule has 0 N–H and O–H groups in total. The predicted octanol–water partition coefficient (Wildman–Crippen LogP) is 2.04. The van der Waals surface area contributed by atoms with Crippen LogP contribution in [0.3, 0.4) is 0 Å². The minimum absolute atomic E-state index is 0.0133. The lowest BCUT2D eigenvalue weighted by Crippen LogP contribution is -2.30. The number of carbonyl (C=O) groups excluding carboxylic acids is 1. The SMILES string of the molecule is C#Cc1cccc(F)c1C(=O)N(C)C1CC1. The second kappa shape index (κ2) is 3.97. The molecule has 1 aliphatic carbocycles. The van der Waals surface area contributed by atoms with Gasteiger partial charge in [0.05, 0.1) is 5.56 Å². The molecule has 1 amide bonds. The van der Waals surface area contributed by atoms with Gasteiger partial charge in [0.2, 0.25) is 0 Å². The Morgan fingerprint density at radius 3 is 2.81 bits per heavy atom. The van der Waals surface area contributed by atoms with Crippen LogP contribution in [0.25, 0.3) is 0 Å². The third-order valence-corrected chi connectivity index (χ3v) is 2.80. The van der Waals surface area contributed by atoms with Gasteiger partial charge < -0.3 is 4.90 Å². The summed E-state index contributed by atoms with van der Waals surface area (Å²) in [7, 11) is 1.69. The standard InChI is InChI=1S/C13H12FNO/c1-3-9-5-4-6-11(14)12(9)13(16)15(2)10-7-8-10/h1,4-6,10H,7-8H2,2H3. The van der Waals surface area contributed by atoms with Crippen LogP contribution in [-0.2, 0) is 0 Å². The van der Waals surface area contributed by atoms with Gasteiger partial charge in [-0.25, -0.2) is 4.39 Å². The lowest BCUT2D eigenvalue weighted by atomic mass is 10.1. The summed E-state index contributed by atoms with van der Waals surface area (Å²) in [6, 6.07) is 4.60. The van der Waals surface area contributed by atoms with Crippen LogP contribution in [0.4, 0.5) is 4.39 Å². The molecular weight excluding hydrogens is 205 g/mol. The predicted molar refractivity (Wildman–Crippen MR) is 59.5 cm³/mol. The Kier molecular flexibility index (Phi) is 2.66. The molecular formula is C13H12FNO. The third kappa shape index (κ3) is 1.79. The molecule has 0 saturated heterocycles. The second-order valence-corrected chi connectivity index (χ2v) is 3.95. The van der Waals surface area contributed by atoms with Crippen molar-refractivity contribution < 1.29 is 9.18 Å². The molecule has 1 aromatic rings. The maximum atomic E-state index is 13.6. The van der Waals surface area contributed by atoms with Crippen molar-refractivity contribution in [3.63, 3.8) is 0 Å². The number of hydrogen-bond acceptors (Lipinski definition) is 1. The van der Waals surface area contributed by atoms with Crippen molar-refractivity contribution in [2.45, 2.75) is 18.9 Å². The molecule has 2 rings (SSSR count). The van der Waals surface area contributed by atoms with Gasteiger partial charge in [-0.05, 0) is 25.0 Å². The van der Waals surface area contributed by atoms with Gasteiger partial charge in [-0.15, -0.1) is 6.42 Å². The van der Waals surface area contributed by atoms with E-state index < -0.39 is 5.82 Å². The Bertz CT molecular complexity index is 471. The van der Waals surface area contributed by atoms with Crippen LogP contribution >= 0.6 is 0 Å². The normalized spacial score (nSPS) is 14.3. The van der Waals surface area contributed by atoms with Gasteiger partial charge in [0.25, 0.3) is 5.91 Å². The van der Waals surface area contributed by atoms with Crippen molar-refractivity contribution in [1.82, 2.24) is 4.90 Å². The fraction of sp³-hybridized carbons (Fsp3) is 0.308. The highest BCUT2D eigenvalue weighted by molar-refractivity contribution is 5.97. The first-order valence-corrected chi connectivity index (χ1v) is 5.17. The smallest absolute Gasteiger partial charge is 0.258 e. The third-order valence-electron chi connectivity index (χ3n) is 2.80. The summed E-state index contributed by atoms with van der Waals surface area (Å²) in [5.41, 5.74) is 0.330. The average molecular weight is 217 g/mol. The Balaban J connectivity index is 2.39. The zero-order valence-corrected chi connectivity index (χ0v) is 9.03. The fourth-order valence-electron chi connectivity index (χ4n) is 1.67. The van der Waals surface area contributed by atoms with Crippen molar-refractivity contribution in [3.8, 4) is 12.3 Å². The second-order valence-electron chi connectivity index (χ2n) is 3.95. The van der Waals surface area contributed by atoms with Crippen LogP contribution in [0.5, 0.6) is 0 Å². The van der Waals surface area contributed by atoms with Gasteiger partial charge in [-0.2, -0.15) is 0 Å². The Labute approximate surface area is 94.1 Å². The number of nitrogens with zero attached hydrogens (tertiary/aromatic N) is 1. The summed E-state index contributed by atoms with van der Waals surface area (Å²) < 4.78 is 13.6. The number of carbonyl (C=O) groups is 1. The van der Waals surface area contributed by atoms with Crippen LogP contribution in [-0.4, -0.2) is 23.9 Å². The van der Waals surface area contributed by atoms with E-state index in [-0.39, 0.29) is 17.5 Å². The number of hydrogen-bond donors (Lipinski definition) is 0. The summed E-state index contributed by atoms with van der Waals surface area (Å²) in [6.45, 7) is 0. The topological polar surface area (TPSA) is 20.3 Å². The van der Waals surface area contributed by atoms with Crippen LogP contribution < -0.4 is 0 Å². The Hall–Kier alpha value is -1.82. The molecule has 0 aliphatic heterocycles. The number of benzene rings is 1. The van der Waals surface area contributed by atoms with E-state index >= 15 is 0 Å². The first-order chi connectivity index (χ1) is 7.65. The average Bonchev–Trinajstić information content (AvgIpc) is 3.10. The van der Waals surface area contributed by atoms with Crippen molar-refractivity contribution in [3.05, 3.63) is 35.1 Å². The molecule has 3 heteroatoms. The lowest BCUT2D eigenvalue weighted by molar-refractivity contribution is 0.0780. The van der Waals surface area contributed by atoms with Crippen molar-refractivity contribution >= 4 is 5.91 Å². The molecule has 0 spiro atoms. The molecule has 1 saturated carbocycles. The Morgan fingerprint density at radius 1 is 1.56 bits per heavy atom. The summed E-state index contributed by atoms with van der Waals surface area (Å²) in [5, 5.41) is 0. The maximum absolute atomic E-state index is 13.6. The van der Waals surface area contributed by atoms with Gasteiger partial charge >= 0.3 is 0 Å². The van der Waals surface area contributed by atoms with E-state index in [1.807, 2.05) is 0 Å². The zero-order chi connectivity index (χ0) is 11.7.